The first-order chi connectivity index (χ1) is 7.93. The molecule has 1 rings (SSSR count). The molecule has 0 aromatic carbocycles. The average Bonchev–Trinajstić information content (AvgIpc) is 2.48. The summed E-state index contributed by atoms with van der Waals surface area (Å²) in [4.78, 5) is 10.3. The van der Waals surface area contributed by atoms with Gasteiger partial charge in [0.15, 0.2) is 0 Å². The first kappa shape index (κ1) is 13.8. The summed E-state index contributed by atoms with van der Waals surface area (Å²) in [5.74, 6) is -0.822. The van der Waals surface area contributed by atoms with Crippen LogP contribution in [0.15, 0.2) is 6.07 Å². The Morgan fingerprint density at radius 3 is 2.59 bits per heavy atom. The minimum Gasteiger partial charge on any atom is -0.481 e. The zero-order chi connectivity index (χ0) is 13.0. The number of hydrogen-bond donors (Lipinski definition) is 1. The maximum atomic E-state index is 10.3. The summed E-state index contributed by atoms with van der Waals surface area (Å²) in [6.07, 6.45) is 0.0585. The molecule has 0 unspecified atom stereocenters. The Labute approximate surface area is 102 Å². The van der Waals surface area contributed by atoms with E-state index in [0.29, 0.717) is 12.6 Å². The van der Waals surface area contributed by atoms with Gasteiger partial charge in [0.1, 0.15) is 0 Å². The molecule has 17 heavy (non-hydrogen) atoms. The van der Waals surface area contributed by atoms with Gasteiger partial charge in [0, 0.05) is 17.4 Å². The van der Waals surface area contributed by atoms with E-state index in [1.807, 2.05) is 0 Å². The molecule has 0 atom stereocenters. The van der Waals surface area contributed by atoms with Gasteiger partial charge in [-0.2, -0.15) is 0 Å². The number of carbonyl (C=O) groups is 1. The zero-order valence-corrected chi connectivity index (χ0v) is 11.0. The van der Waals surface area contributed by atoms with Gasteiger partial charge in [0.05, 0.1) is 19.6 Å². The van der Waals surface area contributed by atoms with Crippen molar-refractivity contribution in [2.45, 2.75) is 46.8 Å². The van der Waals surface area contributed by atoms with Crippen LogP contribution in [0, 0.1) is 13.8 Å². The topological polar surface area (TPSA) is 51.5 Å². The van der Waals surface area contributed by atoms with E-state index in [1.54, 1.807) is 0 Å². The van der Waals surface area contributed by atoms with Crippen LogP contribution >= 0.6 is 0 Å². The Bertz CT molecular complexity index is 394. The van der Waals surface area contributed by atoms with Gasteiger partial charge in [0.25, 0.3) is 0 Å². The highest BCUT2D eigenvalue weighted by Crippen LogP contribution is 2.20. The summed E-state index contributed by atoms with van der Waals surface area (Å²) >= 11 is 0. The maximum Gasteiger partial charge on any atom is 0.305 e. The fraction of sp³-hybridized carbons (Fsp3) is 0.615. The highest BCUT2D eigenvalue weighted by atomic mass is 16.5. The van der Waals surface area contributed by atoms with Gasteiger partial charge in [-0.05, 0) is 39.3 Å². The molecule has 0 aliphatic heterocycles. The van der Waals surface area contributed by atoms with E-state index in [4.69, 9.17) is 9.84 Å². The molecule has 1 aromatic rings. The Kier molecular flexibility index (Phi) is 4.75. The first-order valence-corrected chi connectivity index (χ1v) is 5.90. The number of rotatable bonds is 6. The largest absolute Gasteiger partial charge is 0.481 e. The Morgan fingerprint density at radius 2 is 2.12 bits per heavy atom. The lowest BCUT2D eigenvalue weighted by Gasteiger charge is -2.13. The fourth-order valence-corrected chi connectivity index (χ4v) is 2.13. The number of aryl methyl sites for hydroxylation is 1. The van der Waals surface area contributed by atoms with Crippen LogP contribution in [0.25, 0.3) is 0 Å². The number of aromatic nitrogens is 1. The van der Waals surface area contributed by atoms with Crippen LogP contribution in [-0.4, -0.2) is 22.2 Å². The molecule has 0 saturated carbocycles. The lowest BCUT2D eigenvalue weighted by molar-refractivity contribution is -0.138. The van der Waals surface area contributed by atoms with Gasteiger partial charge in [0.2, 0.25) is 0 Å². The van der Waals surface area contributed by atoms with Crippen LogP contribution in [0.2, 0.25) is 0 Å². The molecule has 1 aromatic heterocycles. The quantitative estimate of drug-likeness (QED) is 0.776. The van der Waals surface area contributed by atoms with Crippen molar-refractivity contribution in [1.82, 2.24) is 4.57 Å². The predicted octanol–water partition coefficient (Wildman–Crippen LogP) is 2.68. The third-order valence-electron chi connectivity index (χ3n) is 2.82. The summed E-state index contributed by atoms with van der Waals surface area (Å²) in [6.45, 7) is 9.20. The van der Waals surface area contributed by atoms with Crippen molar-refractivity contribution < 1.29 is 14.6 Å². The van der Waals surface area contributed by atoms with Crippen molar-refractivity contribution in [2.75, 3.05) is 6.61 Å². The summed E-state index contributed by atoms with van der Waals surface area (Å²) in [5.41, 5.74) is 3.56. The molecule has 0 aliphatic rings. The molecular formula is C13H21NO3. The second kappa shape index (κ2) is 5.87. The van der Waals surface area contributed by atoms with Gasteiger partial charge in [-0.3, -0.25) is 4.79 Å². The van der Waals surface area contributed by atoms with Crippen LogP contribution in [0.1, 0.15) is 43.3 Å². The second-order valence-electron chi connectivity index (χ2n) is 4.56. The monoisotopic (exact) mass is 239 g/mol. The molecule has 0 bridgehead atoms. The third kappa shape index (κ3) is 3.60. The van der Waals surface area contributed by atoms with Crippen molar-refractivity contribution in [3.05, 3.63) is 23.0 Å². The molecule has 4 heteroatoms. The van der Waals surface area contributed by atoms with E-state index < -0.39 is 5.97 Å². The van der Waals surface area contributed by atoms with E-state index in [1.165, 1.54) is 11.4 Å². The lowest BCUT2D eigenvalue weighted by atomic mass is 10.2. The van der Waals surface area contributed by atoms with Gasteiger partial charge >= 0.3 is 5.97 Å². The Hall–Kier alpha value is -1.29. The Morgan fingerprint density at radius 1 is 1.47 bits per heavy atom. The standard InChI is InChI=1S/C13H21NO3/c1-9(2)14-10(3)7-12(11(14)4)8-17-6-5-13(15)16/h7,9H,5-6,8H2,1-4H3,(H,15,16). The third-order valence-corrected chi connectivity index (χ3v) is 2.82. The number of ether oxygens (including phenoxy) is 1. The van der Waals surface area contributed by atoms with Crippen molar-refractivity contribution in [2.24, 2.45) is 0 Å². The van der Waals surface area contributed by atoms with Crippen LogP contribution in [-0.2, 0) is 16.1 Å². The van der Waals surface area contributed by atoms with Crippen LogP contribution in [0.4, 0.5) is 0 Å². The first-order valence-electron chi connectivity index (χ1n) is 5.90. The van der Waals surface area contributed by atoms with E-state index in [9.17, 15) is 4.79 Å². The normalized spacial score (nSPS) is 11.1. The molecular weight excluding hydrogens is 218 g/mol. The van der Waals surface area contributed by atoms with Crippen molar-refractivity contribution in [3.8, 4) is 0 Å². The highest BCUT2D eigenvalue weighted by molar-refractivity contribution is 5.66. The van der Waals surface area contributed by atoms with E-state index in [-0.39, 0.29) is 13.0 Å². The van der Waals surface area contributed by atoms with E-state index >= 15 is 0 Å². The molecule has 0 spiro atoms. The van der Waals surface area contributed by atoms with Crippen LogP contribution < -0.4 is 0 Å². The average molecular weight is 239 g/mol. The number of nitrogens with zero attached hydrogens (tertiary/aromatic N) is 1. The van der Waals surface area contributed by atoms with E-state index in [0.717, 1.165) is 5.56 Å². The van der Waals surface area contributed by atoms with Gasteiger partial charge < -0.3 is 14.4 Å². The van der Waals surface area contributed by atoms with Crippen molar-refractivity contribution in [3.63, 3.8) is 0 Å². The molecule has 0 aliphatic carbocycles. The molecule has 1 N–H and O–H groups in total. The van der Waals surface area contributed by atoms with Gasteiger partial charge in [-0.15, -0.1) is 0 Å². The minimum absolute atomic E-state index is 0.0585. The SMILES string of the molecule is Cc1cc(COCCC(=O)O)c(C)n1C(C)C. The smallest absolute Gasteiger partial charge is 0.305 e. The second-order valence-corrected chi connectivity index (χ2v) is 4.56. The number of carboxylic acid groups (broad SMARTS) is 1. The number of carboxylic acids is 1. The summed E-state index contributed by atoms with van der Waals surface area (Å²) in [5, 5.41) is 8.50. The highest BCUT2D eigenvalue weighted by Gasteiger charge is 2.11. The molecule has 0 saturated heterocycles. The lowest BCUT2D eigenvalue weighted by Crippen LogP contribution is -2.06. The molecule has 0 radical (unpaired) electrons. The van der Waals surface area contributed by atoms with E-state index in [2.05, 4.69) is 38.3 Å². The maximum absolute atomic E-state index is 10.3. The van der Waals surface area contributed by atoms with Gasteiger partial charge in [-0.1, -0.05) is 0 Å². The molecule has 0 amide bonds. The summed E-state index contributed by atoms with van der Waals surface area (Å²) < 4.78 is 7.63. The fourth-order valence-electron chi connectivity index (χ4n) is 2.13. The van der Waals surface area contributed by atoms with Gasteiger partial charge in [-0.25, -0.2) is 0 Å². The molecule has 4 nitrogen and oxygen atoms in total. The van der Waals surface area contributed by atoms with Crippen LogP contribution in [0.3, 0.4) is 0 Å². The number of aliphatic carboxylic acids is 1. The Balaban J connectivity index is 2.60. The summed E-state index contributed by atoms with van der Waals surface area (Å²) in [6, 6.07) is 2.54. The minimum atomic E-state index is -0.822. The molecule has 0 fully saturated rings. The summed E-state index contributed by atoms with van der Waals surface area (Å²) in [7, 11) is 0. The number of hydrogen-bond acceptors (Lipinski definition) is 2. The van der Waals surface area contributed by atoms with Crippen molar-refractivity contribution >= 4 is 5.97 Å². The van der Waals surface area contributed by atoms with Crippen molar-refractivity contribution in [1.29, 1.82) is 0 Å². The molecule has 96 valence electrons. The van der Waals surface area contributed by atoms with Crippen LogP contribution in [0.5, 0.6) is 0 Å². The predicted molar refractivity (Wildman–Crippen MR) is 66.2 cm³/mol. The molecule has 1 heterocycles. The zero-order valence-electron chi connectivity index (χ0n) is 11.0.